The molecule has 190 valence electrons. The van der Waals surface area contributed by atoms with E-state index in [1.807, 2.05) is 23.1 Å². The van der Waals surface area contributed by atoms with Gasteiger partial charge in [-0.15, -0.1) is 0 Å². The van der Waals surface area contributed by atoms with E-state index in [1.54, 1.807) is 12.1 Å². The minimum atomic E-state index is -0.315. The summed E-state index contributed by atoms with van der Waals surface area (Å²) in [5.41, 5.74) is 1.15. The third-order valence-electron chi connectivity index (χ3n) is 7.37. The van der Waals surface area contributed by atoms with Gasteiger partial charge in [-0.3, -0.25) is 9.69 Å². The molecule has 7 heteroatoms. The van der Waals surface area contributed by atoms with Crippen LogP contribution in [0.1, 0.15) is 44.1 Å². The van der Waals surface area contributed by atoms with Crippen molar-refractivity contribution in [3.8, 4) is 11.5 Å². The first-order valence-corrected chi connectivity index (χ1v) is 12.8. The number of benzene rings is 2. The number of halogens is 1. The van der Waals surface area contributed by atoms with Crippen LogP contribution in [-0.4, -0.2) is 66.8 Å². The van der Waals surface area contributed by atoms with Gasteiger partial charge < -0.3 is 19.5 Å². The molecule has 0 aromatic heterocycles. The number of nitrogens with zero attached hydrogens (tertiary/aromatic N) is 2. The summed E-state index contributed by atoms with van der Waals surface area (Å²) in [6, 6.07) is 13.9. The molecule has 1 amide bonds. The summed E-state index contributed by atoms with van der Waals surface area (Å²) in [4.78, 5) is 17.3. The third kappa shape index (κ3) is 7.18. The van der Waals surface area contributed by atoms with Crippen LogP contribution in [0.25, 0.3) is 0 Å². The van der Waals surface area contributed by atoms with Crippen molar-refractivity contribution in [3.63, 3.8) is 0 Å². The molecule has 0 spiro atoms. The fraction of sp³-hybridized carbons (Fsp3) is 0.536. The minimum absolute atomic E-state index is 0.00939. The molecule has 6 nitrogen and oxygen atoms in total. The Morgan fingerprint density at radius 1 is 1.00 bits per heavy atom. The Hall–Kier alpha value is -2.64. The number of carbonyl (C=O) groups excluding carboxylic acids is 1. The summed E-state index contributed by atoms with van der Waals surface area (Å²) in [6.07, 6.45) is 5.11. The fourth-order valence-corrected chi connectivity index (χ4v) is 5.06. The number of para-hydroxylation sites is 1. The summed E-state index contributed by atoms with van der Waals surface area (Å²) in [5.74, 6) is 1.13. The summed E-state index contributed by atoms with van der Waals surface area (Å²) >= 11 is 0. The van der Waals surface area contributed by atoms with Crippen molar-refractivity contribution in [3.05, 3.63) is 59.9 Å². The lowest BCUT2D eigenvalue weighted by Gasteiger charge is -2.41. The smallest absolute Gasteiger partial charge is 0.226 e. The van der Waals surface area contributed by atoms with Crippen LogP contribution < -0.4 is 9.47 Å². The summed E-state index contributed by atoms with van der Waals surface area (Å²) in [7, 11) is 0. The van der Waals surface area contributed by atoms with Crippen LogP contribution in [0.5, 0.6) is 11.5 Å². The first-order chi connectivity index (χ1) is 17.1. The molecule has 3 aliphatic heterocycles. The van der Waals surface area contributed by atoms with Crippen molar-refractivity contribution < 1.29 is 23.8 Å². The predicted molar refractivity (Wildman–Crippen MR) is 133 cm³/mol. The molecule has 0 atom stereocenters. The molecular formula is C28H37FN2O4. The highest BCUT2D eigenvalue weighted by atomic mass is 19.1. The molecule has 1 saturated heterocycles. The van der Waals surface area contributed by atoms with Crippen LogP contribution >= 0.6 is 0 Å². The lowest BCUT2D eigenvalue weighted by atomic mass is 9.75. The number of carbonyl (C=O) groups is 1. The lowest BCUT2D eigenvalue weighted by Crippen LogP contribution is -2.41. The van der Waals surface area contributed by atoms with Crippen LogP contribution in [0.3, 0.4) is 0 Å². The Labute approximate surface area is 207 Å². The van der Waals surface area contributed by atoms with E-state index in [0.29, 0.717) is 25.4 Å². The zero-order valence-electron chi connectivity index (χ0n) is 20.5. The minimum Gasteiger partial charge on any atom is -0.493 e. The molecular weight excluding hydrogens is 447 g/mol. The van der Waals surface area contributed by atoms with Crippen molar-refractivity contribution in [1.82, 2.24) is 9.80 Å². The van der Waals surface area contributed by atoms with Crippen molar-refractivity contribution in [2.24, 2.45) is 5.41 Å². The predicted octanol–water partition coefficient (Wildman–Crippen LogP) is 4.26. The quantitative estimate of drug-likeness (QED) is 0.687. The molecule has 2 aromatic rings. The molecule has 2 bridgehead atoms. The Balaban J connectivity index is 1.39. The van der Waals surface area contributed by atoms with Gasteiger partial charge >= 0.3 is 0 Å². The molecule has 2 aromatic carbocycles. The van der Waals surface area contributed by atoms with Gasteiger partial charge in [-0.2, -0.15) is 0 Å². The van der Waals surface area contributed by atoms with Crippen molar-refractivity contribution >= 4 is 5.91 Å². The van der Waals surface area contributed by atoms with Gasteiger partial charge in [0.25, 0.3) is 0 Å². The van der Waals surface area contributed by atoms with Gasteiger partial charge in [0.2, 0.25) is 5.91 Å². The highest BCUT2D eigenvalue weighted by molar-refractivity contribution is 5.76. The average Bonchev–Trinajstić information content (AvgIpc) is 2.89. The third-order valence-corrected chi connectivity index (χ3v) is 7.37. The lowest BCUT2D eigenvalue weighted by molar-refractivity contribution is -0.132. The first kappa shape index (κ1) is 25.5. The van der Waals surface area contributed by atoms with E-state index < -0.39 is 0 Å². The molecule has 3 aliphatic rings. The molecule has 1 N–H and O–H groups in total. The molecule has 0 saturated carbocycles. The maximum atomic E-state index is 13.1. The van der Waals surface area contributed by atoms with Crippen molar-refractivity contribution in [2.45, 2.75) is 45.1 Å². The number of hydrogen-bond donors (Lipinski definition) is 1. The zero-order valence-corrected chi connectivity index (χ0v) is 20.5. The summed E-state index contributed by atoms with van der Waals surface area (Å²) in [5, 5.41) is 10.2. The number of aliphatic hydroxyl groups is 1. The number of rotatable bonds is 5. The standard InChI is InChI=1S/C28H37FN2O4/c29-24-7-9-25(10-8-24)34-19-11-27(33)31-15-4-3-12-28(22-32)13-16-30(17-14-28)21-23-5-1-2-6-26(23)35-20-18-31/h1-2,5-10,32H,3-4,11-22H2. The number of aliphatic hydroxyl groups excluding tert-OH is 1. The molecule has 0 unspecified atom stereocenters. The Kier molecular flexibility index (Phi) is 8.99. The van der Waals surface area contributed by atoms with Crippen LogP contribution in [0, 0.1) is 11.2 Å². The Morgan fingerprint density at radius 3 is 2.54 bits per heavy atom. The maximum absolute atomic E-state index is 13.1. The molecule has 3 heterocycles. The van der Waals surface area contributed by atoms with Crippen molar-refractivity contribution in [1.29, 1.82) is 0 Å². The van der Waals surface area contributed by atoms with Crippen LogP contribution in [0.15, 0.2) is 48.5 Å². The fourth-order valence-electron chi connectivity index (χ4n) is 5.06. The molecule has 1 fully saturated rings. The van der Waals surface area contributed by atoms with Crippen LogP contribution in [-0.2, 0) is 11.3 Å². The maximum Gasteiger partial charge on any atom is 0.226 e. The summed E-state index contributed by atoms with van der Waals surface area (Å²) in [6.45, 7) is 4.87. The van der Waals surface area contributed by atoms with E-state index in [-0.39, 0.29) is 36.8 Å². The van der Waals surface area contributed by atoms with Crippen LogP contribution in [0.2, 0.25) is 0 Å². The first-order valence-electron chi connectivity index (χ1n) is 12.8. The Bertz CT molecular complexity index is 944. The van der Waals surface area contributed by atoms with Gasteiger partial charge in [0, 0.05) is 25.3 Å². The SMILES string of the molecule is O=C(CCOc1ccc(F)cc1)N1CCCCC2(CO)CCN(CC2)Cc2ccccc2OCC1. The van der Waals surface area contributed by atoms with E-state index in [9.17, 15) is 14.3 Å². The van der Waals surface area contributed by atoms with Gasteiger partial charge in [-0.1, -0.05) is 24.6 Å². The second kappa shape index (κ2) is 12.4. The van der Waals surface area contributed by atoms with E-state index in [2.05, 4.69) is 11.0 Å². The van der Waals surface area contributed by atoms with Gasteiger partial charge in [-0.05, 0) is 74.5 Å². The second-order valence-corrected chi connectivity index (χ2v) is 9.78. The Morgan fingerprint density at radius 2 is 1.77 bits per heavy atom. The zero-order chi connectivity index (χ0) is 24.5. The highest BCUT2D eigenvalue weighted by Crippen LogP contribution is 2.37. The van der Waals surface area contributed by atoms with Gasteiger partial charge in [0.05, 0.1) is 19.6 Å². The van der Waals surface area contributed by atoms with E-state index >= 15 is 0 Å². The molecule has 35 heavy (non-hydrogen) atoms. The van der Waals surface area contributed by atoms with E-state index in [1.165, 1.54) is 12.1 Å². The molecule has 0 radical (unpaired) electrons. The monoisotopic (exact) mass is 484 g/mol. The topological polar surface area (TPSA) is 62.2 Å². The number of hydrogen-bond acceptors (Lipinski definition) is 5. The molecule has 0 aliphatic carbocycles. The summed E-state index contributed by atoms with van der Waals surface area (Å²) < 4.78 is 24.9. The normalized spacial score (nSPS) is 23.5. The van der Waals surface area contributed by atoms with Gasteiger partial charge in [-0.25, -0.2) is 4.39 Å². The second-order valence-electron chi connectivity index (χ2n) is 9.78. The average molecular weight is 485 g/mol. The molecule has 5 rings (SSSR count). The number of fused-ring (bicyclic) bond motifs is 9. The largest absolute Gasteiger partial charge is 0.493 e. The van der Waals surface area contributed by atoms with E-state index in [4.69, 9.17) is 9.47 Å². The van der Waals surface area contributed by atoms with Crippen LogP contribution in [0.4, 0.5) is 4.39 Å². The number of ether oxygens (including phenoxy) is 2. The highest BCUT2D eigenvalue weighted by Gasteiger charge is 2.33. The van der Waals surface area contributed by atoms with Gasteiger partial charge in [0.15, 0.2) is 0 Å². The van der Waals surface area contributed by atoms with Gasteiger partial charge in [0.1, 0.15) is 23.9 Å². The number of amides is 1. The number of piperidine rings is 1. The van der Waals surface area contributed by atoms with E-state index in [0.717, 1.165) is 63.1 Å². The van der Waals surface area contributed by atoms with Crippen molar-refractivity contribution in [2.75, 3.05) is 46.0 Å².